The molecule has 1 saturated heterocycles. The Hall–Kier alpha value is -0.930. The third kappa shape index (κ3) is 2.05. The number of nitrogens with one attached hydrogen (secondary N) is 1. The van der Waals surface area contributed by atoms with Gasteiger partial charge >= 0.3 is 0 Å². The summed E-state index contributed by atoms with van der Waals surface area (Å²) in [4.78, 5) is 4.27. The Bertz CT molecular complexity index is 263. The Balaban J connectivity index is 2.08. The van der Waals surface area contributed by atoms with Crippen LogP contribution in [0, 0.1) is 0 Å². The molecule has 1 N–H and O–H groups in total. The third-order valence-corrected chi connectivity index (χ3v) is 2.18. The number of aromatic nitrogens is 1. The van der Waals surface area contributed by atoms with Crippen LogP contribution >= 0.6 is 0 Å². The number of nitrogens with zero attached hydrogens (tertiary/aromatic N) is 1. The second-order valence-electron chi connectivity index (χ2n) is 3.35. The zero-order valence-electron chi connectivity index (χ0n) is 7.73. The molecule has 0 saturated carbocycles. The van der Waals surface area contributed by atoms with Crippen LogP contribution in [0.3, 0.4) is 0 Å². The summed E-state index contributed by atoms with van der Waals surface area (Å²) in [5.41, 5.74) is 1.02. The quantitative estimate of drug-likeness (QED) is 0.700. The van der Waals surface area contributed by atoms with Crippen molar-refractivity contribution in [3.63, 3.8) is 0 Å². The number of pyridine rings is 1. The van der Waals surface area contributed by atoms with Crippen molar-refractivity contribution in [1.29, 1.82) is 0 Å². The number of morpholine rings is 1. The smallest absolute Gasteiger partial charge is 0.112 e. The van der Waals surface area contributed by atoms with Gasteiger partial charge in [-0.2, -0.15) is 0 Å². The van der Waals surface area contributed by atoms with E-state index in [1.165, 1.54) is 0 Å². The summed E-state index contributed by atoms with van der Waals surface area (Å²) in [7, 11) is 0. The average molecular weight is 178 g/mol. The lowest BCUT2D eigenvalue weighted by atomic mass is 10.2. The van der Waals surface area contributed by atoms with Crippen molar-refractivity contribution in [2.24, 2.45) is 0 Å². The minimum Gasteiger partial charge on any atom is -0.366 e. The molecule has 1 aromatic heterocycles. The average Bonchev–Trinajstić information content (AvgIpc) is 2.19. The summed E-state index contributed by atoms with van der Waals surface area (Å²) in [6.45, 7) is 3.87. The van der Waals surface area contributed by atoms with Crippen LogP contribution in [0.4, 0.5) is 0 Å². The molecule has 1 fully saturated rings. The Morgan fingerprint density at radius 1 is 1.46 bits per heavy atom. The summed E-state index contributed by atoms with van der Waals surface area (Å²) >= 11 is 0. The monoisotopic (exact) mass is 178 g/mol. The van der Waals surface area contributed by atoms with Crippen molar-refractivity contribution in [3.8, 4) is 0 Å². The number of hydrogen-bond donors (Lipinski definition) is 1. The molecule has 70 valence electrons. The maximum absolute atomic E-state index is 5.75. The highest BCUT2D eigenvalue weighted by atomic mass is 16.5. The van der Waals surface area contributed by atoms with Crippen LogP contribution in [0.15, 0.2) is 24.4 Å². The zero-order valence-corrected chi connectivity index (χ0v) is 7.73. The maximum atomic E-state index is 5.75. The molecule has 1 aromatic rings. The molecule has 3 heteroatoms. The van der Waals surface area contributed by atoms with Crippen LogP contribution in [0.5, 0.6) is 0 Å². The van der Waals surface area contributed by atoms with E-state index in [0.29, 0.717) is 0 Å². The minimum absolute atomic E-state index is 0.116. The molecule has 0 aromatic carbocycles. The fraction of sp³-hybridized carbons (Fsp3) is 0.500. The van der Waals surface area contributed by atoms with Crippen LogP contribution in [-0.4, -0.2) is 24.2 Å². The third-order valence-electron chi connectivity index (χ3n) is 2.18. The van der Waals surface area contributed by atoms with Crippen LogP contribution in [-0.2, 0) is 4.74 Å². The highest BCUT2D eigenvalue weighted by Crippen LogP contribution is 2.18. The van der Waals surface area contributed by atoms with Gasteiger partial charge in [-0.15, -0.1) is 0 Å². The van der Waals surface area contributed by atoms with Gasteiger partial charge in [-0.1, -0.05) is 6.07 Å². The molecule has 2 atom stereocenters. The summed E-state index contributed by atoms with van der Waals surface area (Å²) < 4.78 is 5.75. The van der Waals surface area contributed by atoms with Crippen LogP contribution in [0.25, 0.3) is 0 Å². The van der Waals surface area contributed by atoms with Crippen molar-refractivity contribution >= 4 is 0 Å². The summed E-state index contributed by atoms with van der Waals surface area (Å²) in [6.07, 6.45) is 2.20. The molecule has 0 spiro atoms. The van der Waals surface area contributed by atoms with Gasteiger partial charge in [-0.25, -0.2) is 0 Å². The molecule has 0 amide bonds. The first kappa shape index (κ1) is 8.66. The van der Waals surface area contributed by atoms with Crippen molar-refractivity contribution in [2.45, 2.75) is 19.1 Å². The van der Waals surface area contributed by atoms with E-state index in [0.717, 1.165) is 18.8 Å². The predicted molar refractivity (Wildman–Crippen MR) is 50.4 cm³/mol. The van der Waals surface area contributed by atoms with E-state index in [4.69, 9.17) is 4.74 Å². The molecule has 0 unspecified atom stereocenters. The molecule has 2 rings (SSSR count). The van der Waals surface area contributed by atoms with E-state index in [1.807, 2.05) is 18.2 Å². The Labute approximate surface area is 78.1 Å². The highest BCUT2D eigenvalue weighted by Gasteiger charge is 2.20. The molecular weight excluding hydrogens is 164 g/mol. The highest BCUT2D eigenvalue weighted by molar-refractivity contribution is 5.08. The zero-order chi connectivity index (χ0) is 9.10. The summed E-state index contributed by atoms with van der Waals surface area (Å²) in [5.74, 6) is 0. The van der Waals surface area contributed by atoms with Gasteiger partial charge in [0.2, 0.25) is 0 Å². The molecule has 1 aliphatic rings. The van der Waals surface area contributed by atoms with Gasteiger partial charge in [0.1, 0.15) is 6.10 Å². The van der Waals surface area contributed by atoms with E-state index < -0.39 is 0 Å². The lowest BCUT2D eigenvalue weighted by Gasteiger charge is -2.28. The van der Waals surface area contributed by atoms with Gasteiger partial charge in [-0.3, -0.25) is 4.98 Å². The van der Waals surface area contributed by atoms with Gasteiger partial charge in [0.25, 0.3) is 0 Å². The Morgan fingerprint density at radius 3 is 3.08 bits per heavy atom. The van der Waals surface area contributed by atoms with Gasteiger partial charge in [0.15, 0.2) is 0 Å². The van der Waals surface area contributed by atoms with Gasteiger partial charge < -0.3 is 10.1 Å². The van der Waals surface area contributed by atoms with Crippen molar-refractivity contribution < 1.29 is 4.74 Å². The normalized spacial score (nSPS) is 28.7. The van der Waals surface area contributed by atoms with E-state index in [-0.39, 0.29) is 12.2 Å². The molecule has 0 aliphatic carbocycles. The molecular formula is C10H14N2O. The van der Waals surface area contributed by atoms with Gasteiger partial charge in [0.05, 0.1) is 11.8 Å². The first-order valence-corrected chi connectivity index (χ1v) is 4.63. The molecule has 3 nitrogen and oxygen atoms in total. The Kier molecular flexibility index (Phi) is 2.57. The fourth-order valence-corrected chi connectivity index (χ4v) is 1.54. The SMILES string of the molecule is C[C@@H]1CNC[C@H](c2ccccn2)O1. The second-order valence-corrected chi connectivity index (χ2v) is 3.35. The largest absolute Gasteiger partial charge is 0.366 e. The lowest BCUT2D eigenvalue weighted by molar-refractivity contribution is -0.0308. The van der Waals surface area contributed by atoms with E-state index in [9.17, 15) is 0 Å². The maximum Gasteiger partial charge on any atom is 0.112 e. The first-order chi connectivity index (χ1) is 6.36. The molecule has 2 heterocycles. The summed E-state index contributed by atoms with van der Waals surface area (Å²) in [5, 5.41) is 3.32. The molecule has 0 radical (unpaired) electrons. The van der Waals surface area contributed by atoms with Gasteiger partial charge in [-0.05, 0) is 19.1 Å². The topological polar surface area (TPSA) is 34.2 Å². The van der Waals surface area contributed by atoms with Crippen molar-refractivity contribution in [3.05, 3.63) is 30.1 Å². The number of hydrogen-bond acceptors (Lipinski definition) is 3. The van der Waals surface area contributed by atoms with Crippen LogP contribution < -0.4 is 5.32 Å². The van der Waals surface area contributed by atoms with E-state index in [1.54, 1.807) is 6.20 Å². The van der Waals surface area contributed by atoms with Gasteiger partial charge in [0, 0.05) is 19.3 Å². The molecule has 1 aliphatic heterocycles. The standard InChI is InChI=1S/C10H14N2O/c1-8-6-11-7-10(13-8)9-4-2-3-5-12-9/h2-5,8,10-11H,6-7H2,1H3/t8-,10-/m1/s1. The number of rotatable bonds is 1. The first-order valence-electron chi connectivity index (χ1n) is 4.63. The summed E-state index contributed by atoms with van der Waals surface area (Å²) in [6, 6.07) is 5.92. The molecule has 13 heavy (non-hydrogen) atoms. The fourth-order valence-electron chi connectivity index (χ4n) is 1.54. The Morgan fingerprint density at radius 2 is 2.38 bits per heavy atom. The van der Waals surface area contributed by atoms with Crippen molar-refractivity contribution in [1.82, 2.24) is 10.3 Å². The minimum atomic E-state index is 0.116. The van der Waals surface area contributed by atoms with E-state index >= 15 is 0 Å². The second kappa shape index (κ2) is 3.85. The van der Waals surface area contributed by atoms with Crippen LogP contribution in [0.1, 0.15) is 18.7 Å². The number of ether oxygens (including phenoxy) is 1. The van der Waals surface area contributed by atoms with E-state index in [2.05, 4.69) is 17.2 Å². The predicted octanol–water partition coefficient (Wildman–Crippen LogP) is 1.13. The van der Waals surface area contributed by atoms with Crippen LogP contribution in [0.2, 0.25) is 0 Å². The molecule has 0 bridgehead atoms. The van der Waals surface area contributed by atoms with Crippen molar-refractivity contribution in [2.75, 3.05) is 13.1 Å². The lowest BCUT2D eigenvalue weighted by Crippen LogP contribution is -2.39.